The third kappa shape index (κ3) is 3.10. The van der Waals surface area contributed by atoms with Crippen LogP contribution in [0.15, 0.2) is 12.1 Å². The summed E-state index contributed by atoms with van der Waals surface area (Å²) in [5.74, 6) is 0.731. The van der Waals surface area contributed by atoms with Gasteiger partial charge in [0.1, 0.15) is 0 Å². The maximum absolute atomic E-state index is 2.41. The third-order valence-electron chi connectivity index (χ3n) is 3.18. The minimum absolute atomic E-state index is 0.252. The van der Waals surface area contributed by atoms with Gasteiger partial charge >= 0.3 is 0 Å². The lowest BCUT2D eigenvalue weighted by Gasteiger charge is -2.24. The minimum atomic E-state index is 0.252. The molecule has 0 heteroatoms. The van der Waals surface area contributed by atoms with Gasteiger partial charge in [-0.1, -0.05) is 46.8 Å². The first kappa shape index (κ1) is 13.3. The second-order valence-electron chi connectivity index (χ2n) is 6.43. The van der Waals surface area contributed by atoms with E-state index in [4.69, 9.17) is 0 Å². The normalized spacial score (nSPS) is 12.2. The van der Waals surface area contributed by atoms with Gasteiger partial charge < -0.3 is 0 Å². The van der Waals surface area contributed by atoms with E-state index in [2.05, 4.69) is 60.6 Å². The molecular formula is C16H26. The van der Waals surface area contributed by atoms with E-state index in [-0.39, 0.29) is 5.41 Å². The lowest BCUT2D eigenvalue weighted by molar-refractivity contribution is 0.581. The van der Waals surface area contributed by atoms with E-state index in [1.807, 2.05) is 0 Å². The maximum atomic E-state index is 2.41. The van der Waals surface area contributed by atoms with Crippen LogP contribution in [0, 0.1) is 19.8 Å². The van der Waals surface area contributed by atoms with Crippen molar-refractivity contribution in [2.45, 2.75) is 60.3 Å². The van der Waals surface area contributed by atoms with Gasteiger partial charge in [0.15, 0.2) is 0 Å². The number of aryl methyl sites for hydroxylation is 1. The molecule has 1 rings (SSSR count). The predicted octanol–water partition coefficient (Wildman–Crippen LogP) is 4.80. The van der Waals surface area contributed by atoms with Crippen molar-refractivity contribution < 1.29 is 0 Å². The van der Waals surface area contributed by atoms with Crippen molar-refractivity contribution in [2.24, 2.45) is 5.92 Å². The van der Waals surface area contributed by atoms with Gasteiger partial charge in [-0.25, -0.2) is 0 Å². The first-order chi connectivity index (χ1) is 7.21. The van der Waals surface area contributed by atoms with Gasteiger partial charge in [-0.15, -0.1) is 0 Å². The van der Waals surface area contributed by atoms with E-state index in [1.165, 1.54) is 28.7 Å². The van der Waals surface area contributed by atoms with Crippen LogP contribution in [0.2, 0.25) is 0 Å². The van der Waals surface area contributed by atoms with Crippen LogP contribution in [-0.2, 0) is 11.8 Å². The quantitative estimate of drug-likeness (QED) is 0.669. The molecule has 0 aliphatic heterocycles. The van der Waals surface area contributed by atoms with Gasteiger partial charge in [-0.05, 0) is 53.9 Å². The highest BCUT2D eigenvalue weighted by molar-refractivity contribution is 5.41. The van der Waals surface area contributed by atoms with Crippen molar-refractivity contribution in [1.29, 1.82) is 0 Å². The van der Waals surface area contributed by atoms with E-state index < -0.39 is 0 Å². The second-order valence-corrected chi connectivity index (χ2v) is 6.43. The first-order valence-electron chi connectivity index (χ1n) is 6.32. The predicted molar refractivity (Wildman–Crippen MR) is 73.2 cm³/mol. The molecule has 0 N–H and O–H groups in total. The lowest BCUT2D eigenvalue weighted by Crippen LogP contribution is -2.14. The van der Waals surface area contributed by atoms with Gasteiger partial charge in [-0.2, -0.15) is 0 Å². The van der Waals surface area contributed by atoms with Crippen molar-refractivity contribution in [3.8, 4) is 0 Å². The van der Waals surface area contributed by atoms with Crippen LogP contribution < -0.4 is 0 Å². The highest BCUT2D eigenvalue weighted by Gasteiger charge is 2.18. The zero-order valence-corrected chi connectivity index (χ0v) is 11.9. The molecule has 16 heavy (non-hydrogen) atoms. The van der Waals surface area contributed by atoms with E-state index in [9.17, 15) is 0 Å². The van der Waals surface area contributed by atoms with Crippen LogP contribution in [0.1, 0.15) is 56.9 Å². The summed E-state index contributed by atoms with van der Waals surface area (Å²) >= 11 is 0. The standard InChI is InChI=1S/C16H26/c1-11(2)8-14-9-12(3)13(4)15(10-14)16(5,6)7/h9-11H,8H2,1-7H3. The molecule has 1 aromatic rings. The monoisotopic (exact) mass is 218 g/mol. The summed E-state index contributed by atoms with van der Waals surface area (Å²) in [4.78, 5) is 0. The Morgan fingerprint density at radius 2 is 1.62 bits per heavy atom. The van der Waals surface area contributed by atoms with Crippen molar-refractivity contribution in [1.82, 2.24) is 0 Å². The van der Waals surface area contributed by atoms with Crippen LogP contribution in [0.4, 0.5) is 0 Å². The number of benzene rings is 1. The molecule has 1 aromatic carbocycles. The third-order valence-corrected chi connectivity index (χ3v) is 3.18. The molecule has 0 nitrogen and oxygen atoms in total. The number of hydrogen-bond donors (Lipinski definition) is 0. The molecule has 0 amide bonds. The van der Waals surface area contributed by atoms with E-state index in [0.717, 1.165) is 5.92 Å². The molecule has 0 aromatic heterocycles. The second kappa shape index (κ2) is 4.61. The molecule has 0 fully saturated rings. The fourth-order valence-corrected chi connectivity index (χ4v) is 2.30. The zero-order chi connectivity index (χ0) is 12.5. The van der Waals surface area contributed by atoms with E-state index >= 15 is 0 Å². The average molecular weight is 218 g/mol. The summed E-state index contributed by atoms with van der Waals surface area (Å²) in [6, 6.07) is 4.76. The van der Waals surface area contributed by atoms with Crippen LogP contribution >= 0.6 is 0 Å². The van der Waals surface area contributed by atoms with Crippen LogP contribution in [0.3, 0.4) is 0 Å². The van der Waals surface area contributed by atoms with Crippen molar-refractivity contribution in [3.05, 3.63) is 34.4 Å². The van der Waals surface area contributed by atoms with Gasteiger partial charge in [-0.3, -0.25) is 0 Å². The van der Waals surface area contributed by atoms with Gasteiger partial charge in [0.2, 0.25) is 0 Å². The molecule has 90 valence electrons. The smallest absolute Gasteiger partial charge is 0.0129 e. The van der Waals surface area contributed by atoms with Gasteiger partial charge in [0.05, 0.1) is 0 Å². The largest absolute Gasteiger partial charge is 0.0625 e. The summed E-state index contributed by atoms with van der Waals surface area (Å²) < 4.78 is 0. The topological polar surface area (TPSA) is 0 Å². The minimum Gasteiger partial charge on any atom is -0.0625 e. The molecule has 0 heterocycles. The Balaban J connectivity index is 3.23. The lowest BCUT2D eigenvalue weighted by atomic mass is 9.81. The molecule has 0 unspecified atom stereocenters. The molecule has 0 atom stereocenters. The average Bonchev–Trinajstić information content (AvgIpc) is 2.08. The molecule has 0 radical (unpaired) electrons. The molecule has 0 spiro atoms. The Morgan fingerprint density at radius 1 is 1.06 bits per heavy atom. The number of rotatable bonds is 2. The van der Waals surface area contributed by atoms with Gasteiger partial charge in [0.25, 0.3) is 0 Å². The summed E-state index contributed by atoms with van der Waals surface area (Å²) in [5.41, 5.74) is 6.14. The van der Waals surface area contributed by atoms with Crippen LogP contribution in [-0.4, -0.2) is 0 Å². The first-order valence-corrected chi connectivity index (χ1v) is 6.32. The maximum Gasteiger partial charge on any atom is -0.0129 e. The Bertz CT molecular complexity index is 364. The highest BCUT2D eigenvalue weighted by Crippen LogP contribution is 2.29. The highest BCUT2D eigenvalue weighted by atomic mass is 14.2. The Hall–Kier alpha value is -0.780. The summed E-state index contributed by atoms with van der Waals surface area (Å²) in [5, 5.41) is 0. The van der Waals surface area contributed by atoms with E-state index in [0.29, 0.717) is 0 Å². The summed E-state index contributed by atoms with van der Waals surface area (Å²) in [6.07, 6.45) is 1.18. The summed E-state index contributed by atoms with van der Waals surface area (Å²) in [6.45, 7) is 15.9. The Labute approximate surface area is 101 Å². The van der Waals surface area contributed by atoms with Crippen LogP contribution in [0.25, 0.3) is 0 Å². The fourth-order valence-electron chi connectivity index (χ4n) is 2.30. The Morgan fingerprint density at radius 3 is 2.06 bits per heavy atom. The zero-order valence-electron chi connectivity index (χ0n) is 11.9. The molecule has 0 bridgehead atoms. The molecule has 0 aliphatic rings. The van der Waals surface area contributed by atoms with E-state index in [1.54, 1.807) is 0 Å². The van der Waals surface area contributed by atoms with Crippen LogP contribution in [0.5, 0.6) is 0 Å². The molecular weight excluding hydrogens is 192 g/mol. The van der Waals surface area contributed by atoms with Crippen molar-refractivity contribution in [3.63, 3.8) is 0 Å². The fraction of sp³-hybridized carbons (Fsp3) is 0.625. The van der Waals surface area contributed by atoms with Gasteiger partial charge in [0, 0.05) is 0 Å². The molecule has 0 saturated heterocycles. The SMILES string of the molecule is Cc1cc(CC(C)C)cc(C(C)(C)C)c1C. The number of hydrogen-bond acceptors (Lipinski definition) is 0. The molecule has 0 saturated carbocycles. The van der Waals surface area contributed by atoms with Crippen molar-refractivity contribution in [2.75, 3.05) is 0 Å². The molecule has 0 aliphatic carbocycles. The summed E-state index contributed by atoms with van der Waals surface area (Å²) in [7, 11) is 0. The Kier molecular flexibility index (Phi) is 3.83. The van der Waals surface area contributed by atoms with Crippen molar-refractivity contribution >= 4 is 0 Å².